The molecule has 0 radical (unpaired) electrons. The van der Waals surface area contributed by atoms with E-state index in [0.29, 0.717) is 0 Å². The van der Waals surface area contributed by atoms with Crippen LogP contribution in [0.1, 0.15) is 66.7 Å². The Labute approximate surface area is 102 Å². The zero-order chi connectivity index (χ0) is 12.4. The van der Waals surface area contributed by atoms with Crippen LogP contribution in [0.25, 0.3) is 0 Å². The van der Waals surface area contributed by atoms with Crippen LogP contribution in [0.5, 0.6) is 0 Å². The second-order valence-electron chi connectivity index (χ2n) is 4.67. The first-order valence-corrected chi connectivity index (χ1v) is 6.53. The van der Waals surface area contributed by atoms with Gasteiger partial charge < -0.3 is 0 Å². The van der Waals surface area contributed by atoms with Crippen molar-refractivity contribution in [1.29, 1.82) is 0 Å². The van der Waals surface area contributed by atoms with E-state index in [4.69, 9.17) is 0 Å². The van der Waals surface area contributed by atoms with Crippen molar-refractivity contribution >= 4 is 0 Å². The summed E-state index contributed by atoms with van der Waals surface area (Å²) in [6.45, 7) is 11.0. The molecule has 0 aromatic carbocycles. The lowest BCUT2D eigenvalue weighted by Crippen LogP contribution is -1.80. The smallest absolute Gasteiger partial charge is 0.0288 e. The molecule has 0 spiro atoms. The Balaban J connectivity index is 3.80. The van der Waals surface area contributed by atoms with Crippen LogP contribution in [0.2, 0.25) is 0 Å². The molecule has 0 aromatic heterocycles. The van der Waals surface area contributed by atoms with Crippen molar-refractivity contribution < 1.29 is 0 Å². The van der Waals surface area contributed by atoms with Gasteiger partial charge in [0.15, 0.2) is 0 Å². The van der Waals surface area contributed by atoms with E-state index >= 15 is 0 Å². The lowest BCUT2D eigenvalue weighted by atomic mass is 10.1. The van der Waals surface area contributed by atoms with E-state index < -0.39 is 0 Å². The summed E-state index contributed by atoms with van der Waals surface area (Å²) < 4.78 is 0. The van der Waals surface area contributed by atoms with Crippen molar-refractivity contribution in [3.63, 3.8) is 0 Å². The molecule has 0 atom stereocenters. The van der Waals surface area contributed by atoms with Crippen LogP contribution in [0.3, 0.4) is 0 Å². The maximum absolute atomic E-state index is 2.39. The minimum atomic E-state index is 1.18. The standard InChI is InChI=1S/C16H28/c1-6-14(3)10-8-12-16(5)13-9-11-15(4)7-2/h6,11-12H,7-10,13H2,1-5H3. The molecule has 0 saturated carbocycles. The molecule has 0 N–H and O–H groups in total. The fourth-order valence-electron chi connectivity index (χ4n) is 1.48. The minimum Gasteiger partial charge on any atom is -0.0887 e. The summed E-state index contributed by atoms with van der Waals surface area (Å²) in [5, 5.41) is 0. The highest BCUT2D eigenvalue weighted by Crippen LogP contribution is 2.11. The van der Waals surface area contributed by atoms with Gasteiger partial charge in [-0.25, -0.2) is 0 Å². The van der Waals surface area contributed by atoms with E-state index in [-0.39, 0.29) is 0 Å². The van der Waals surface area contributed by atoms with E-state index in [1.807, 2.05) is 0 Å². The van der Waals surface area contributed by atoms with Gasteiger partial charge in [-0.15, -0.1) is 0 Å². The molecule has 0 aromatic rings. The fourth-order valence-corrected chi connectivity index (χ4v) is 1.48. The predicted octanol–water partition coefficient (Wildman–Crippen LogP) is 5.82. The van der Waals surface area contributed by atoms with Gasteiger partial charge in [-0.3, -0.25) is 0 Å². The van der Waals surface area contributed by atoms with Gasteiger partial charge in [-0.05, 0) is 59.8 Å². The quantitative estimate of drug-likeness (QED) is 0.474. The molecular formula is C16H28. The van der Waals surface area contributed by atoms with Gasteiger partial charge in [-0.1, -0.05) is 41.9 Å². The van der Waals surface area contributed by atoms with Crippen molar-refractivity contribution in [2.75, 3.05) is 0 Å². The molecule has 0 heterocycles. The monoisotopic (exact) mass is 220 g/mol. The Morgan fingerprint density at radius 1 is 0.812 bits per heavy atom. The molecule has 0 aliphatic rings. The first kappa shape index (κ1) is 15.2. The summed E-state index contributed by atoms with van der Waals surface area (Å²) in [6, 6.07) is 0. The maximum atomic E-state index is 2.39. The highest BCUT2D eigenvalue weighted by atomic mass is 14.0. The SMILES string of the molecule is CC=C(C)CCC=C(C)CCC=C(C)CC. The molecule has 0 fully saturated rings. The van der Waals surface area contributed by atoms with Crippen molar-refractivity contribution in [3.05, 3.63) is 34.9 Å². The fraction of sp³-hybridized carbons (Fsp3) is 0.625. The van der Waals surface area contributed by atoms with Crippen LogP contribution in [0, 0.1) is 0 Å². The molecule has 0 rings (SSSR count). The van der Waals surface area contributed by atoms with E-state index in [1.165, 1.54) is 48.8 Å². The topological polar surface area (TPSA) is 0 Å². The van der Waals surface area contributed by atoms with Crippen molar-refractivity contribution in [1.82, 2.24) is 0 Å². The van der Waals surface area contributed by atoms with Crippen LogP contribution in [0.4, 0.5) is 0 Å². The third-order valence-corrected chi connectivity index (χ3v) is 3.11. The Morgan fingerprint density at radius 2 is 1.31 bits per heavy atom. The normalized spacial score (nSPS) is 14.4. The summed E-state index contributed by atoms with van der Waals surface area (Å²) in [5.74, 6) is 0. The lowest BCUT2D eigenvalue weighted by Gasteiger charge is -2.01. The zero-order valence-electron chi connectivity index (χ0n) is 11.8. The third-order valence-electron chi connectivity index (χ3n) is 3.11. The Morgan fingerprint density at radius 3 is 1.81 bits per heavy atom. The molecule has 16 heavy (non-hydrogen) atoms. The van der Waals surface area contributed by atoms with Gasteiger partial charge in [0.1, 0.15) is 0 Å². The summed E-state index contributed by atoms with van der Waals surface area (Å²) >= 11 is 0. The van der Waals surface area contributed by atoms with Gasteiger partial charge >= 0.3 is 0 Å². The van der Waals surface area contributed by atoms with Gasteiger partial charge in [0, 0.05) is 0 Å². The highest BCUT2D eigenvalue weighted by molar-refractivity contribution is 5.05. The second-order valence-corrected chi connectivity index (χ2v) is 4.67. The van der Waals surface area contributed by atoms with Gasteiger partial charge in [0.2, 0.25) is 0 Å². The molecule has 0 unspecified atom stereocenters. The summed E-state index contributed by atoms with van der Waals surface area (Å²) in [4.78, 5) is 0. The Bertz CT molecular complexity index is 264. The van der Waals surface area contributed by atoms with Gasteiger partial charge in [-0.2, -0.15) is 0 Å². The number of allylic oxidation sites excluding steroid dienone is 6. The lowest BCUT2D eigenvalue weighted by molar-refractivity contribution is 0.911. The van der Waals surface area contributed by atoms with E-state index in [2.05, 4.69) is 52.8 Å². The molecule has 0 bridgehead atoms. The Hall–Kier alpha value is -0.780. The number of hydrogen-bond acceptors (Lipinski definition) is 0. The van der Waals surface area contributed by atoms with E-state index in [0.717, 1.165) is 0 Å². The molecule has 0 heteroatoms. The molecule has 0 aliphatic heterocycles. The molecule has 0 amide bonds. The minimum absolute atomic E-state index is 1.18. The first-order valence-electron chi connectivity index (χ1n) is 6.53. The molecule has 0 nitrogen and oxygen atoms in total. The molecule has 0 aliphatic carbocycles. The van der Waals surface area contributed by atoms with Gasteiger partial charge in [0.25, 0.3) is 0 Å². The largest absolute Gasteiger partial charge is 0.0887 e. The van der Waals surface area contributed by atoms with E-state index in [1.54, 1.807) is 0 Å². The van der Waals surface area contributed by atoms with Gasteiger partial charge in [0.05, 0.1) is 0 Å². The van der Waals surface area contributed by atoms with E-state index in [9.17, 15) is 0 Å². The maximum Gasteiger partial charge on any atom is -0.0288 e. The van der Waals surface area contributed by atoms with Crippen LogP contribution >= 0.6 is 0 Å². The van der Waals surface area contributed by atoms with Crippen LogP contribution < -0.4 is 0 Å². The van der Waals surface area contributed by atoms with Crippen LogP contribution in [-0.4, -0.2) is 0 Å². The zero-order valence-corrected chi connectivity index (χ0v) is 11.8. The highest BCUT2D eigenvalue weighted by Gasteiger charge is 1.91. The van der Waals surface area contributed by atoms with Crippen molar-refractivity contribution in [3.8, 4) is 0 Å². The van der Waals surface area contributed by atoms with Crippen molar-refractivity contribution in [2.45, 2.75) is 66.7 Å². The second kappa shape index (κ2) is 9.45. The average Bonchev–Trinajstić information content (AvgIpc) is 2.28. The predicted molar refractivity (Wildman–Crippen MR) is 75.7 cm³/mol. The average molecular weight is 220 g/mol. The number of hydrogen-bond donors (Lipinski definition) is 0. The Kier molecular flexibility index (Phi) is 8.99. The molecule has 92 valence electrons. The number of rotatable bonds is 7. The summed E-state index contributed by atoms with van der Waals surface area (Å²) in [7, 11) is 0. The summed E-state index contributed by atoms with van der Waals surface area (Å²) in [5.41, 5.74) is 4.53. The molecule has 0 saturated heterocycles. The van der Waals surface area contributed by atoms with Crippen LogP contribution in [0.15, 0.2) is 34.9 Å². The first-order chi connectivity index (χ1) is 7.60. The van der Waals surface area contributed by atoms with Crippen molar-refractivity contribution in [2.24, 2.45) is 0 Å². The summed E-state index contributed by atoms with van der Waals surface area (Å²) in [6.07, 6.45) is 13.0. The van der Waals surface area contributed by atoms with Crippen LogP contribution in [-0.2, 0) is 0 Å². The molecular weight excluding hydrogens is 192 g/mol. The third kappa shape index (κ3) is 8.52.